The number of nitrogens with zero attached hydrogens (tertiary/aromatic N) is 3. The molecule has 9 nitrogen and oxygen atoms in total. The summed E-state index contributed by atoms with van der Waals surface area (Å²) < 4.78 is 14.8. The zero-order valence-electron chi connectivity index (χ0n) is 18.4. The van der Waals surface area contributed by atoms with Crippen molar-refractivity contribution in [1.29, 1.82) is 0 Å². The van der Waals surface area contributed by atoms with Crippen molar-refractivity contribution in [2.45, 2.75) is 20.4 Å². The highest BCUT2D eigenvalue weighted by Crippen LogP contribution is 2.36. The molecule has 0 aliphatic carbocycles. The van der Waals surface area contributed by atoms with E-state index >= 15 is 0 Å². The molecule has 0 radical (unpaired) electrons. The monoisotopic (exact) mass is 460 g/mol. The minimum absolute atomic E-state index is 0.0920. The van der Waals surface area contributed by atoms with Crippen LogP contribution in [0.25, 0.3) is 22.0 Å². The third-order valence-corrected chi connectivity index (χ3v) is 5.41. The molecule has 0 fully saturated rings. The number of hydrogen-bond donors (Lipinski definition) is 3. The number of fused-ring (bicyclic) bond motifs is 1. The fraction of sp³-hybridized carbons (Fsp3) is 0.125. The Morgan fingerprint density at radius 1 is 1.00 bits per heavy atom. The summed E-state index contributed by atoms with van der Waals surface area (Å²) in [7, 11) is 0. The standard InChI is InChI=1S/C24H21FN6O3/c1-12-19(13(2)31(30-12)11-18(32)28-15-7-5-6-14(25)10-15)21-20(23(26)33)16-8-3-4-9-17(16)29-22(21)24(27)34/h3-10H,11H2,1-2H3,(H2,26,33)(H2,27,34)(H,28,32). The predicted octanol–water partition coefficient (Wildman–Crippen LogP) is 2.69. The van der Waals surface area contributed by atoms with E-state index in [4.69, 9.17) is 11.5 Å². The van der Waals surface area contributed by atoms with Crippen LogP contribution in [-0.2, 0) is 11.3 Å². The van der Waals surface area contributed by atoms with Crippen molar-refractivity contribution in [3.63, 3.8) is 0 Å². The first-order chi connectivity index (χ1) is 16.2. The maximum Gasteiger partial charge on any atom is 0.267 e. The van der Waals surface area contributed by atoms with Gasteiger partial charge in [-0.05, 0) is 38.1 Å². The van der Waals surface area contributed by atoms with Crippen LogP contribution in [0.2, 0.25) is 0 Å². The van der Waals surface area contributed by atoms with E-state index in [2.05, 4.69) is 15.4 Å². The highest BCUT2D eigenvalue weighted by Gasteiger charge is 2.27. The van der Waals surface area contributed by atoms with Crippen LogP contribution in [0.15, 0.2) is 48.5 Å². The van der Waals surface area contributed by atoms with E-state index in [0.717, 1.165) is 0 Å². The van der Waals surface area contributed by atoms with Gasteiger partial charge >= 0.3 is 0 Å². The lowest BCUT2D eigenvalue weighted by Crippen LogP contribution is -2.21. The number of benzene rings is 2. The summed E-state index contributed by atoms with van der Waals surface area (Å²) in [6, 6.07) is 12.3. The molecule has 172 valence electrons. The van der Waals surface area contributed by atoms with E-state index in [0.29, 0.717) is 33.5 Å². The molecule has 5 N–H and O–H groups in total. The van der Waals surface area contributed by atoms with E-state index in [-0.39, 0.29) is 23.4 Å². The molecular formula is C24H21FN6O3. The van der Waals surface area contributed by atoms with Gasteiger partial charge in [0.25, 0.3) is 5.91 Å². The van der Waals surface area contributed by atoms with Gasteiger partial charge in [0.15, 0.2) is 0 Å². The number of nitrogens with one attached hydrogen (secondary N) is 1. The number of aryl methyl sites for hydroxylation is 1. The van der Waals surface area contributed by atoms with Gasteiger partial charge in [0.2, 0.25) is 11.8 Å². The molecule has 2 heterocycles. The van der Waals surface area contributed by atoms with Gasteiger partial charge in [0.1, 0.15) is 18.1 Å². The number of nitrogens with two attached hydrogens (primary N) is 2. The number of carbonyl (C=O) groups is 3. The van der Waals surface area contributed by atoms with Gasteiger partial charge in [-0.1, -0.05) is 24.3 Å². The Morgan fingerprint density at radius 3 is 2.41 bits per heavy atom. The number of aromatic nitrogens is 3. The van der Waals surface area contributed by atoms with E-state index < -0.39 is 23.5 Å². The Labute approximate surface area is 193 Å². The minimum Gasteiger partial charge on any atom is -0.366 e. The van der Waals surface area contributed by atoms with Gasteiger partial charge in [-0.15, -0.1) is 0 Å². The van der Waals surface area contributed by atoms with E-state index in [1.807, 2.05) is 0 Å². The lowest BCUT2D eigenvalue weighted by molar-refractivity contribution is -0.116. The van der Waals surface area contributed by atoms with Crippen molar-refractivity contribution in [3.05, 3.63) is 77.0 Å². The molecule has 0 saturated heterocycles. The predicted molar refractivity (Wildman–Crippen MR) is 125 cm³/mol. The van der Waals surface area contributed by atoms with Gasteiger partial charge < -0.3 is 16.8 Å². The zero-order valence-corrected chi connectivity index (χ0v) is 18.4. The third kappa shape index (κ3) is 4.08. The number of halogens is 1. The van der Waals surface area contributed by atoms with E-state index in [1.54, 1.807) is 44.2 Å². The van der Waals surface area contributed by atoms with Gasteiger partial charge in [0, 0.05) is 27.9 Å². The zero-order chi connectivity index (χ0) is 24.6. The van der Waals surface area contributed by atoms with Crippen molar-refractivity contribution >= 4 is 34.3 Å². The number of amides is 3. The molecular weight excluding hydrogens is 439 g/mol. The highest BCUT2D eigenvalue weighted by atomic mass is 19.1. The van der Waals surface area contributed by atoms with E-state index in [9.17, 15) is 18.8 Å². The quantitative estimate of drug-likeness (QED) is 0.405. The van der Waals surface area contributed by atoms with Crippen molar-refractivity contribution in [2.24, 2.45) is 11.5 Å². The normalized spacial score (nSPS) is 10.9. The molecule has 4 aromatic rings. The number of rotatable bonds is 6. The summed E-state index contributed by atoms with van der Waals surface area (Å²) >= 11 is 0. The first-order valence-corrected chi connectivity index (χ1v) is 10.3. The van der Waals surface area contributed by atoms with Gasteiger partial charge in [-0.2, -0.15) is 5.10 Å². The molecule has 0 aliphatic heterocycles. The fourth-order valence-electron chi connectivity index (χ4n) is 4.01. The first-order valence-electron chi connectivity index (χ1n) is 10.3. The van der Waals surface area contributed by atoms with Crippen LogP contribution in [-0.4, -0.2) is 32.5 Å². The van der Waals surface area contributed by atoms with Crippen LogP contribution in [0.5, 0.6) is 0 Å². The van der Waals surface area contributed by atoms with E-state index in [1.165, 1.54) is 22.9 Å². The average Bonchev–Trinajstić information content (AvgIpc) is 3.04. The molecule has 0 bridgehead atoms. The molecule has 0 unspecified atom stereocenters. The number of primary amides is 2. The van der Waals surface area contributed by atoms with Crippen molar-refractivity contribution < 1.29 is 18.8 Å². The Bertz CT molecular complexity index is 1480. The first kappa shape index (κ1) is 22.6. The SMILES string of the molecule is Cc1nn(CC(=O)Nc2cccc(F)c2)c(C)c1-c1c(C(N)=O)nc2ccccc2c1C(N)=O. The molecule has 10 heteroatoms. The van der Waals surface area contributed by atoms with Crippen LogP contribution in [0.3, 0.4) is 0 Å². The van der Waals surface area contributed by atoms with Crippen LogP contribution in [0.4, 0.5) is 10.1 Å². The Balaban J connectivity index is 1.83. The van der Waals surface area contributed by atoms with Crippen LogP contribution in [0, 0.1) is 19.7 Å². The van der Waals surface area contributed by atoms with Crippen LogP contribution < -0.4 is 16.8 Å². The lowest BCUT2D eigenvalue weighted by atomic mass is 9.92. The molecule has 2 aromatic carbocycles. The Kier molecular flexibility index (Phi) is 5.80. The van der Waals surface area contributed by atoms with Crippen LogP contribution in [0.1, 0.15) is 32.2 Å². The van der Waals surface area contributed by atoms with Gasteiger partial charge in [-0.25, -0.2) is 9.37 Å². The molecule has 0 saturated carbocycles. The molecule has 0 atom stereocenters. The highest BCUT2D eigenvalue weighted by molar-refractivity contribution is 6.15. The number of hydrogen-bond acceptors (Lipinski definition) is 5. The van der Waals surface area contributed by atoms with Crippen molar-refractivity contribution in [1.82, 2.24) is 14.8 Å². The fourth-order valence-corrected chi connectivity index (χ4v) is 4.01. The minimum atomic E-state index is -0.835. The topological polar surface area (TPSA) is 146 Å². The molecule has 3 amide bonds. The summed E-state index contributed by atoms with van der Waals surface area (Å²) in [6.45, 7) is 3.17. The Morgan fingerprint density at radius 2 is 1.74 bits per heavy atom. The molecule has 0 aliphatic rings. The summed E-state index contributed by atoms with van der Waals surface area (Å²) in [5.41, 5.74) is 13.6. The molecule has 34 heavy (non-hydrogen) atoms. The van der Waals surface area contributed by atoms with Crippen molar-refractivity contribution in [3.8, 4) is 11.1 Å². The summed E-state index contributed by atoms with van der Waals surface area (Å²) in [6.07, 6.45) is 0. The Hall–Kier alpha value is -4.60. The second-order valence-corrected chi connectivity index (χ2v) is 7.72. The molecule has 4 rings (SSSR count). The van der Waals surface area contributed by atoms with Crippen LogP contribution >= 0.6 is 0 Å². The second kappa shape index (κ2) is 8.74. The summed E-state index contributed by atoms with van der Waals surface area (Å²) in [5.74, 6) is -2.51. The smallest absolute Gasteiger partial charge is 0.267 e. The molecule has 2 aromatic heterocycles. The third-order valence-electron chi connectivity index (χ3n) is 5.41. The summed E-state index contributed by atoms with van der Waals surface area (Å²) in [4.78, 5) is 41.8. The maximum atomic E-state index is 13.4. The second-order valence-electron chi connectivity index (χ2n) is 7.72. The number of para-hydroxylation sites is 1. The maximum absolute atomic E-state index is 13.4. The number of anilines is 1. The van der Waals surface area contributed by atoms with Crippen molar-refractivity contribution in [2.75, 3.05) is 5.32 Å². The largest absolute Gasteiger partial charge is 0.366 e. The average molecular weight is 460 g/mol. The van der Waals surface area contributed by atoms with Gasteiger partial charge in [-0.3, -0.25) is 19.1 Å². The number of carbonyl (C=O) groups excluding carboxylic acids is 3. The molecule has 0 spiro atoms. The van der Waals surface area contributed by atoms with Gasteiger partial charge in [0.05, 0.1) is 16.8 Å². The summed E-state index contributed by atoms with van der Waals surface area (Å²) in [5, 5.41) is 7.49. The lowest BCUT2D eigenvalue weighted by Gasteiger charge is -2.14. The number of pyridine rings is 1.